The summed E-state index contributed by atoms with van der Waals surface area (Å²) in [5, 5.41) is 3.53. The Morgan fingerprint density at radius 2 is 2.00 bits per heavy atom. The third-order valence-electron chi connectivity index (χ3n) is 6.17. The Bertz CT molecular complexity index is 614. The van der Waals surface area contributed by atoms with Crippen molar-refractivity contribution in [3.63, 3.8) is 0 Å². The van der Waals surface area contributed by atoms with E-state index >= 15 is 0 Å². The fraction of sp³-hybridized carbons (Fsp3) is 0.682. The molecular formula is C22H34N4O. The van der Waals surface area contributed by atoms with Gasteiger partial charge in [0, 0.05) is 45.8 Å². The molecule has 2 aliphatic heterocycles. The van der Waals surface area contributed by atoms with E-state index < -0.39 is 0 Å². The Morgan fingerprint density at radius 1 is 1.19 bits per heavy atom. The molecule has 5 nitrogen and oxygen atoms in total. The van der Waals surface area contributed by atoms with Gasteiger partial charge in [-0.3, -0.25) is 9.89 Å². The number of ether oxygens (including phenoxy) is 1. The number of rotatable bonds is 6. The van der Waals surface area contributed by atoms with Crippen molar-refractivity contribution in [2.24, 2.45) is 16.8 Å². The molecule has 27 heavy (non-hydrogen) atoms. The van der Waals surface area contributed by atoms with E-state index in [-0.39, 0.29) is 0 Å². The minimum Gasteiger partial charge on any atom is -0.379 e. The van der Waals surface area contributed by atoms with Crippen LogP contribution in [0.4, 0.5) is 0 Å². The predicted octanol–water partition coefficient (Wildman–Crippen LogP) is 2.41. The first-order chi connectivity index (χ1) is 13.3. The van der Waals surface area contributed by atoms with Crippen LogP contribution in [0.25, 0.3) is 0 Å². The van der Waals surface area contributed by atoms with Crippen molar-refractivity contribution in [1.82, 2.24) is 15.1 Å². The van der Waals surface area contributed by atoms with Crippen molar-refractivity contribution in [2.45, 2.75) is 25.7 Å². The molecular weight excluding hydrogens is 336 g/mol. The molecule has 0 bridgehead atoms. The van der Waals surface area contributed by atoms with Gasteiger partial charge >= 0.3 is 0 Å². The number of nitrogens with zero attached hydrogens (tertiary/aromatic N) is 3. The number of benzene rings is 1. The molecule has 1 N–H and O–H groups in total. The second kappa shape index (κ2) is 9.07. The molecule has 148 valence electrons. The van der Waals surface area contributed by atoms with Gasteiger partial charge in [-0.25, -0.2) is 0 Å². The Labute approximate surface area is 163 Å². The zero-order valence-corrected chi connectivity index (χ0v) is 16.6. The summed E-state index contributed by atoms with van der Waals surface area (Å²) in [4.78, 5) is 10.1. The Morgan fingerprint density at radius 3 is 2.78 bits per heavy atom. The molecule has 1 aromatic rings. The maximum atomic E-state index is 5.48. The molecule has 1 aliphatic carbocycles. The van der Waals surface area contributed by atoms with Gasteiger partial charge in [0.2, 0.25) is 0 Å². The zero-order valence-electron chi connectivity index (χ0n) is 16.6. The van der Waals surface area contributed by atoms with Gasteiger partial charge < -0.3 is 15.0 Å². The van der Waals surface area contributed by atoms with Crippen molar-refractivity contribution in [2.75, 3.05) is 59.0 Å². The summed E-state index contributed by atoms with van der Waals surface area (Å²) in [6.45, 7) is 11.5. The first-order valence-corrected chi connectivity index (χ1v) is 10.7. The first kappa shape index (κ1) is 18.8. The van der Waals surface area contributed by atoms with Crippen molar-refractivity contribution in [3.05, 3.63) is 35.9 Å². The summed E-state index contributed by atoms with van der Waals surface area (Å²) in [5.74, 6) is 3.31. The van der Waals surface area contributed by atoms with Gasteiger partial charge in [-0.2, -0.15) is 0 Å². The van der Waals surface area contributed by atoms with Gasteiger partial charge in [-0.1, -0.05) is 30.3 Å². The van der Waals surface area contributed by atoms with E-state index in [1.165, 1.54) is 24.9 Å². The molecule has 3 unspecified atom stereocenters. The van der Waals surface area contributed by atoms with Crippen LogP contribution in [0.15, 0.2) is 35.3 Å². The summed E-state index contributed by atoms with van der Waals surface area (Å²) in [6.07, 6.45) is 2.56. The summed E-state index contributed by atoms with van der Waals surface area (Å²) in [7, 11) is 0. The highest BCUT2D eigenvalue weighted by Crippen LogP contribution is 2.47. The van der Waals surface area contributed by atoms with E-state index in [9.17, 15) is 0 Å². The monoisotopic (exact) mass is 370 g/mol. The molecule has 1 saturated carbocycles. The van der Waals surface area contributed by atoms with Crippen LogP contribution < -0.4 is 5.32 Å². The molecule has 3 atom stereocenters. The number of hydrogen-bond donors (Lipinski definition) is 1. The molecule has 0 radical (unpaired) electrons. The van der Waals surface area contributed by atoms with Gasteiger partial charge in [-0.15, -0.1) is 0 Å². The van der Waals surface area contributed by atoms with E-state index in [1.807, 2.05) is 0 Å². The molecule has 2 heterocycles. The molecule has 0 spiro atoms. The number of morpholine rings is 1. The van der Waals surface area contributed by atoms with Crippen LogP contribution in [0.3, 0.4) is 0 Å². The molecule has 5 heteroatoms. The van der Waals surface area contributed by atoms with E-state index in [0.717, 1.165) is 64.4 Å². The van der Waals surface area contributed by atoms with Crippen LogP contribution in [0.1, 0.15) is 31.2 Å². The molecule has 4 rings (SSSR count). The van der Waals surface area contributed by atoms with Gasteiger partial charge in [0.1, 0.15) is 0 Å². The third kappa shape index (κ3) is 5.02. The normalized spacial score (nSPS) is 29.1. The van der Waals surface area contributed by atoms with Crippen molar-refractivity contribution in [3.8, 4) is 0 Å². The second-order valence-electron chi connectivity index (χ2n) is 8.22. The van der Waals surface area contributed by atoms with Gasteiger partial charge in [0.05, 0.1) is 13.2 Å². The lowest BCUT2D eigenvalue weighted by Gasteiger charge is -2.29. The highest BCUT2D eigenvalue weighted by Gasteiger charge is 2.38. The standard InChI is InChI=1S/C22H34N4O/c1-2-23-22(24-15-20-14-21(20)19-6-4-3-5-7-19)26-9-8-18(17-26)16-25-10-12-27-13-11-25/h3-7,18,20-21H,2,8-17H2,1H3,(H,23,24). The smallest absolute Gasteiger partial charge is 0.193 e. The van der Waals surface area contributed by atoms with Crippen molar-refractivity contribution < 1.29 is 4.74 Å². The lowest BCUT2D eigenvalue weighted by atomic mass is 10.1. The van der Waals surface area contributed by atoms with Crippen LogP contribution in [-0.2, 0) is 4.74 Å². The van der Waals surface area contributed by atoms with Crippen LogP contribution in [0.5, 0.6) is 0 Å². The maximum absolute atomic E-state index is 5.48. The number of nitrogens with one attached hydrogen (secondary N) is 1. The van der Waals surface area contributed by atoms with Crippen LogP contribution in [-0.4, -0.2) is 74.8 Å². The highest BCUT2D eigenvalue weighted by molar-refractivity contribution is 5.80. The molecule has 0 aromatic heterocycles. The summed E-state index contributed by atoms with van der Waals surface area (Å²) < 4.78 is 5.48. The molecule has 0 amide bonds. The number of likely N-dealkylation sites (tertiary alicyclic amines) is 1. The topological polar surface area (TPSA) is 40.1 Å². The average Bonchev–Trinajstić information content (AvgIpc) is 3.35. The largest absolute Gasteiger partial charge is 0.379 e. The van der Waals surface area contributed by atoms with Crippen LogP contribution in [0, 0.1) is 11.8 Å². The van der Waals surface area contributed by atoms with Crippen molar-refractivity contribution >= 4 is 5.96 Å². The quantitative estimate of drug-likeness (QED) is 0.617. The Kier molecular flexibility index (Phi) is 6.30. The molecule has 3 aliphatic rings. The van der Waals surface area contributed by atoms with Gasteiger partial charge in [-0.05, 0) is 43.1 Å². The number of aliphatic imine (C=N–C) groups is 1. The predicted molar refractivity (Wildman–Crippen MR) is 110 cm³/mol. The first-order valence-electron chi connectivity index (χ1n) is 10.7. The number of hydrogen-bond acceptors (Lipinski definition) is 3. The lowest BCUT2D eigenvalue weighted by Crippen LogP contribution is -2.42. The van der Waals surface area contributed by atoms with E-state index in [2.05, 4.69) is 52.4 Å². The van der Waals surface area contributed by atoms with E-state index in [0.29, 0.717) is 11.8 Å². The van der Waals surface area contributed by atoms with Crippen LogP contribution >= 0.6 is 0 Å². The summed E-state index contributed by atoms with van der Waals surface area (Å²) in [5.41, 5.74) is 1.48. The molecule has 3 fully saturated rings. The third-order valence-corrected chi connectivity index (χ3v) is 6.17. The fourth-order valence-corrected chi connectivity index (χ4v) is 4.51. The lowest BCUT2D eigenvalue weighted by molar-refractivity contribution is 0.0315. The molecule has 2 saturated heterocycles. The Balaban J connectivity index is 1.28. The van der Waals surface area contributed by atoms with Crippen molar-refractivity contribution in [1.29, 1.82) is 0 Å². The minimum atomic E-state index is 0.713. The van der Waals surface area contributed by atoms with Crippen LogP contribution in [0.2, 0.25) is 0 Å². The van der Waals surface area contributed by atoms with E-state index in [1.54, 1.807) is 0 Å². The SMILES string of the molecule is CCNC(=NCC1CC1c1ccccc1)N1CCC(CN2CCOCC2)C1. The van der Waals surface area contributed by atoms with Gasteiger partial charge in [0.15, 0.2) is 5.96 Å². The van der Waals surface area contributed by atoms with Gasteiger partial charge in [0.25, 0.3) is 0 Å². The zero-order chi connectivity index (χ0) is 18.5. The fourth-order valence-electron chi connectivity index (χ4n) is 4.51. The molecule has 1 aromatic carbocycles. The Hall–Kier alpha value is -1.59. The average molecular weight is 371 g/mol. The summed E-state index contributed by atoms with van der Waals surface area (Å²) >= 11 is 0. The second-order valence-corrected chi connectivity index (χ2v) is 8.22. The highest BCUT2D eigenvalue weighted by atomic mass is 16.5. The maximum Gasteiger partial charge on any atom is 0.193 e. The summed E-state index contributed by atoms with van der Waals surface area (Å²) in [6, 6.07) is 10.9. The number of guanidine groups is 1. The van der Waals surface area contributed by atoms with E-state index in [4.69, 9.17) is 9.73 Å². The minimum absolute atomic E-state index is 0.713.